The topological polar surface area (TPSA) is 0 Å². The predicted molar refractivity (Wildman–Crippen MR) is 83.6 cm³/mol. The first-order chi connectivity index (χ1) is 9.13. The fourth-order valence-corrected chi connectivity index (χ4v) is 2.47. The molecule has 0 aromatic heterocycles. The van der Waals surface area contributed by atoms with Gasteiger partial charge in [0.25, 0.3) is 0 Å². The van der Waals surface area contributed by atoms with Crippen LogP contribution in [0, 0.1) is 20.8 Å². The van der Waals surface area contributed by atoms with E-state index in [9.17, 15) is 0 Å². The number of hydrogen-bond donors (Lipinski definition) is 0. The van der Waals surface area contributed by atoms with Crippen LogP contribution in [0.3, 0.4) is 0 Å². The highest BCUT2D eigenvalue weighted by molar-refractivity contribution is 5.87. The average molecular weight is 246 g/mol. The van der Waals surface area contributed by atoms with E-state index in [-0.39, 0.29) is 0 Å². The van der Waals surface area contributed by atoms with Gasteiger partial charge in [-0.25, -0.2) is 0 Å². The molecule has 0 aliphatic carbocycles. The summed E-state index contributed by atoms with van der Waals surface area (Å²) < 4.78 is 0. The van der Waals surface area contributed by atoms with E-state index in [1.807, 2.05) is 0 Å². The minimum atomic E-state index is 1.29. The summed E-state index contributed by atoms with van der Waals surface area (Å²) in [7, 11) is 0. The summed E-state index contributed by atoms with van der Waals surface area (Å²) in [6.45, 7) is 6.46. The molecule has 0 saturated carbocycles. The molecule has 0 amide bonds. The molecule has 94 valence electrons. The predicted octanol–water partition coefficient (Wildman–Crippen LogP) is 5.43. The highest BCUT2D eigenvalue weighted by atomic mass is 14.1. The summed E-state index contributed by atoms with van der Waals surface area (Å²) in [5.74, 6) is 0. The Kier molecular flexibility index (Phi) is 2.87. The largest absolute Gasteiger partial charge is 0.0587 e. The zero-order valence-electron chi connectivity index (χ0n) is 11.7. The van der Waals surface area contributed by atoms with Gasteiger partial charge in [-0.3, -0.25) is 0 Å². The molecule has 0 unspecified atom stereocenters. The van der Waals surface area contributed by atoms with E-state index in [0.717, 1.165) is 0 Å². The maximum absolute atomic E-state index is 2.28. The first kappa shape index (κ1) is 12.0. The van der Waals surface area contributed by atoms with E-state index in [2.05, 4.69) is 75.4 Å². The van der Waals surface area contributed by atoms with Crippen LogP contribution in [0.2, 0.25) is 0 Å². The summed E-state index contributed by atoms with van der Waals surface area (Å²) in [6.07, 6.45) is 0. The molecule has 0 aliphatic heterocycles. The minimum Gasteiger partial charge on any atom is -0.0587 e. The number of aryl methyl sites for hydroxylation is 3. The van der Waals surface area contributed by atoms with Gasteiger partial charge >= 0.3 is 0 Å². The quantitative estimate of drug-likeness (QED) is 0.537. The lowest BCUT2D eigenvalue weighted by molar-refractivity contribution is 1.34. The molecular formula is C19H18. The van der Waals surface area contributed by atoms with Crippen LogP contribution >= 0.6 is 0 Å². The first-order valence-corrected chi connectivity index (χ1v) is 6.71. The molecule has 0 atom stereocenters. The summed E-state index contributed by atoms with van der Waals surface area (Å²) in [4.78, 5) is 0. The molecule has 0 heteroatoms. The Bertz CT molecular complexity index is 751. The van der Waals surface area contributed by atoms with Crippen molar-refractivity contribution in [3.8, 4) is 11.1 Å². The van der Waals surface area contributed by atoms with Crippen LogP contribution in [0.4, 0.5) is 0 Å². The van der Waals surface area contributed by atoms with Crippen molar-refractivity contribution >= 4 is 10.8 Å². The summed E-state index contributed by atoms with van der Waals surface area (Å²) >= 11 is 0. The Morgan fingerprint density at radius 2 is 1.16 bits per heavy atom. The molecule has 0 spiro atoms. The van der Waals surface area contributed by atoms with Crippen LogP contribution in [0.5, 0.6) is 0 Å². The van der Waals surface area contributed by atoms with Crippen molar-refractivity contribution in [2.45, 2.75) is 20.8 Å². The summed E-state index contributed by atoms with van der Waals surface area (Å²) in [5.41, 5.74) is 6.60. The zero-order chi connectivity index (χ0) is 13.4. The second-order valence-electron chi connectivity index (χ2n) is 5.36. The van der Waals surface area contributed by atoms with E-state index in [1.165, 1.54) is 38.6 Å². The number of rotatable bonds is 1. The Morgan fingerprint density at radius 3 is 1.95 bits per heavy atom. The molecule has 3 aromatic carbocycles. The van der Waals surface area contributed by atoms with Crippen LogP contribution in [-0.2, 0) is 0 Å². The summed E-state index contributed by atoms with van der Waals surface area (Å²) in [6, 6.07) is 20.0. The Labute approximate surface area is 114 Å². The van der Waals surface area contributed by atoms with Crippen LogP contribution in [0.1, 0.15) is 16.7 Å². The smallest absolute Gasteiger partial charge is 0.0178 e. The van der Waals surface area contributed by atoms with Gasteiger partial charge in [0, 0.05) is 0 Å². The number of hydrogen-bond acceptors (Lipinski definition) is 0. The highest BCUT2D eigenvalue weighted by Crippen LogP contribution is 2.26. The molecular weight excluding hydrogens is 228 g/mol. The van der Waals surface area contributed by atoms with Gasteiger partial charge in [-0.05, 0) is 59.9 Å². The van der Waals surface area contributed by atoms with E-state index < -0.39 is 0 Å². The molecule has 3 rings (SSSR count). The van der Waals surface area contributed by atoms with Crippen molar-refractivity contribution in [1.29, 1.82) is 0 Å². The van der Waals surface area contributed by atoms with Crippen LogP contribution < -0.4 is 0 Å². The molecule has 0 N–H and O–H groups in total. The standard InChI is InChI=1S/C19H18/c1-13-4-6-18-12-19(9-8-16(18)10-13)17-7-5-14(2)15(3)11-17/h4-12H,1-3H3. The minimum absolute atomic E-state index is 1.29. The lowest BCUT2D eigenvalue weighted by Crippen LogP contribution is -1.84. The fourth-order valence-electron chi connectivity index (χ4n) is 2.47. The third-order valence-corrected chi connectivity index (χ3v) is 3.84. The van der Waals surface area contributed by atoms with Gasteiger partial charge in [0.05, 0.1) is 0 Å². The molecule has 0 radical (unpaired) electrons. The normalized spacial score (nSPS) is 10.9. The zero-order valence-corrected chi connectivity index (χ0v) is 11.7. The second-order valence-corrected chi connectivity index (χ2v) is 5.36. The molecule has 3 aromatic rings. The van der Waals surface area contributed by atoms with Crippen LogP contribution in [0.15, 0.2) is 54.6 Å². The van der Waals surface area contributed by atoms with E-state index >= 15 is 0 Å². The van der Waals surface area contributed by atoms with Crippen molar-refractivity contribution in [2.75, 3.05) is 0 Å². The molecule has 19 heavy (non-hydrogen) atoms. The van der Waals surface area contributed by atoms with E-state index in [0.29, 0.717) is 0 Å². The first-order valence-electron chi connectivity index (χ1n) is 6.71. The third-order valence-electron chi connectivity index (χ3n) is 3.84. The lowest BCUT2D eigenvalue weighted by atomic mass is 9.97. The Morgan fingerprint density at radius 1 is 0.526 bits per heavy atom. The maximum atomic E-state index is 2.28. The van der Waals surface area contributed by atoms with Gasteiger partial charge in [0.15, 0.2) is 0 Å². The Balaban J connectivity index is 2.14. The van der Waals surface area contributed by atoms with Crippen LogP contribution in [0.25, 0.3) is 21.9 Å². The monoisotopic (exact) mass is 246 g/mol. The average Bonchev–Trinajstić information content (AvgIpc) is 2.41. The Hall–Kier alpha value is -2.08. The van der Waals surface area contributed by atoms with Gasteiger partial charge in [0.1, 0.15) is 0 Å². The van der Waals surface area contributed by atoms with Gasteiger partial charge < -0.3 is 0 Å². The van der Waals surface area contributed by atoms with Gasteiger partial charge in [-0.15, -0.1) is 0 Å². The van der Waals surface area contributed by atoms with Crippen molar-refractivity contribution in [3.05, 3.63) is 71.3 Å². The molecule has 0 fully saturated rings. The van der Waals surface area contributed by atoms with Gasteiger partial charge in [-0.2, -0.15) is 0 Å². The molecule has 0 heterocycles. The molecule has 0 aliphatic rings. The van der Waals surface area contributed by atoms with E-state index in [4.69, 9.17) is 0 Å². The van der Waals surface area contributed by atoms with Crippen molar-refractivity contribution in [1.82, 2.24) is 0 Å². The van der Waals surface area contributed by atoms with Crippen molar-refractivity contribution in [3.63, 3.8) is 0 Å². The maximum Gasteiger partial charge on any atom is -0.0178 e. The van der Waals surface area contributed by atoms with Crippen molar-refractivity contribution < 1.29 is 0 Å². The van der Waals surface area contributed by atoms with Crippen LogP contribution in [-0.4, -0.2) is 0 Å². The number of fused-ring (bicyclic) bond motifs is 1. The fraction of sp³-hybridized carbons (Fsp3) is 0.158. The lowest BCUT2D eigenvalue weighted by Gasteiger charge is -2.07. The molecule has 0 nitrogen and oxygen atoms in total. The molecule has 0 bridgehead atoms. The SMILES string of the molecule is Cc1ccc2cc(-c3ccc(C)c(C)c3)ccc2c1. The summed E-state index contributed by atoms with van der Waals surface area (Å²) in [5, 5.41) is 2.62. The third kappa shape index (κ3) is 2.26. The van der Waals surface area contributed by atoms with Crippen molar-refractivity contribution in [2.24, 2.45) is 0 Å². The highest BCUT2D eigenvalue weighted by Gasteiger charge is 2.01. The second kappa shape index (κ2) is 4.55. The number of benzene rings is 3. The van der Waals surface area contributed by atoms with E-state index in [1.54, 1.807) is 0 Å². The van der Waals surface area contributed by atoms with Gasteiger partial charge in [-0.1, -0.05) is 54.1 Å². The molecule has 0 saturated heterocycles. The van der Waals surface area contributed by atoms with Gasteiger partial charge in [0.2, 0.25) is 0 Å².